The number of hydrogen-bond acceptors (Lipinski definition) is 5. The van der Waals surface area contributed by atoms with Crippen molar-refractivity contribution >= 4 is 17.3 Å². The molecule has 6 rings (SSSR count). The molecule has 2 atom stereocenters. The number of nitrogens with zero attached hydrogens (tertiary/aromatic N) is 1. The molecule has 3 aromatic rings. The van der Waals surface area contributed by atoms with Crippen LogP contribution in [-0.2, 0) is 4.79 Å². The molecular weight excluding hydrogens is 450 g/mol. The lowest BCUT2D eigenvalue weighted by Gasteiger charge is -2.38. The fourth-order valence-corrected chi connectivity index (χ4v) is 5.77. The fourth-order valence-electron chi connectivity index (χ4n) is 5.77. The van der Waals surface area contributed by atoms with Gasteiger partial charge in [-0.05, 0) is 53.8 Å². The minimum Gasteiger partial charge on any atom is -0.497 e. The van der Waals surface area contributed by atoms with Crippen LogP contribution in [0.5, 0.6) is 17.2 Å². The zero-order chi connectivity index (χ0) is 25.0. The first-order valence-electron chi connectivity index (χ1n) is 12.2. The first-order chi connectivity index (χ1) is 17.3. The molecule has 0 saturated heterocycles. The second-order valence-electron chi connectivity index (χ2n) is 10.5. The third-order valence-electron chi connectivity index (χ3n) is 7.38. The number of benzene rings is 3. The van der Waals surface area contributed by atoms with Crippen LogP contribution in [-0.4, -0.2) is 24.4 Å². The molecule has 2 unspecified atom stereocenters. The zero-order valence-corrected chi connectivity index (χ0v) is 20.6. The lowest BCUT2D eigenvalue weighted by Crippen LogP contribution is -2.37. The molecule has 0 bridgehead atoms. The highest BCUT2D eigenvalue weighted by atomic mass is 16.5. The largest absolute Gasteiger partial charge is 0.497 e. The Labute approximate surface area is 210 Å². The number of ether oxygens (including phenoxy) is 2. The third-order valence-corrected chi connectivity index (χ3v) is 7.38. The summed E-state index contributed by atoms with van der Waals surface area (Å²) in [6, 6.07) is 22.8. The Morgan fingerprint density at radius 1 is 0.778 bits per heavy atom. The molecule has 1 heterocycles. The molecule has 0 fully saturated rings. The van der Waals surface area contributed by atoms with Crippen molar-refractivity contribution in [3.8, 4) is 17.2 Å². The number of Topliss-reactive ketones (excluding diaryl/α,β-unsaturated/α-hetero) is 2. The van der Waals surface area contributed by atoms with E-state index >= 15 is 0 Å². The molecule has 1 aliphatic heterocycles. The average Bonchev–Trinajstić information content (AvgIpc) is 3.15. The minimum absolute atomic E-state index is 0.0390. The maximum Gasteiger partial charge on any atom is 0.173 e. The van der Waals surface area contributed by atoms with Crippen LogP contribution < -0.4 is 9.47 Å². The number of fused-ring (bicyclic) bond motifs is 3. The summed E-state index contributed by atoms with van der Waals surface area (Å²) in [5.74, 6) is 1.44. The molecule has 0 radical (unpaired) electrons. The molecule has 36 heavy (non-hydrogen) atoms. The van der Waals surface area contributed by atoms with Crippen molar-refractivity contribution in [2.75, 3.05) is 7.11 Å². The van der Waals surface area contributed by atoms with Gasteiger partial charge in [0.25, 0.3) is 0 Å². The first kappa shape index (κ1) is 22.5. The highest BCUT2D eigenvalue weighted by molar-refractivity contribution is 6.30. The number of ketones is 2. The summed E-state index contributed by atoms with van der Waals surface area (Å²) in [5, 5.41) is 0. The van der Waals surface area contributed by atoms with Crippen molar-refractivity contribution in [1.82, 2.24) is 0 Å². The van der Waals surface area contributed by atoms with Crippen LogP contribution in [0.3, 0.4) is 0 Å². The van der Waals surface area contributed by atoms with Crippen molar-refractivity contribution in [2.24, 2.45) is 16.3 Å². The summed E-state index contributed by atoms with van der Waals surface area (Å²) in [6.45, 7) is 4.21. The van der Waals surface area contributed by atoms with Crippen LogP contribution in [0.25, 0.3) is 0 Å². The number of methoxy groups -OCH3 is 1. The van der Waals surface area contributed by atoms with Gasteiger partial charge in [0.15, 0.2) is 11.6 Å². The minimum atomic E-state index is -0.486. The summed E-state index contributed by atoms with van der Waals surface area (Å²) in [6.07, 6.45) is 1.18. The molecule has 3 aromatic carbocycles. The standard InChI is InChI=1S/C31H27NO4/c1-31(2)16-24-27(25(33)17-31)26(28-29(32-24)22-6-4-5-7-23(22)30(28)34)18-8-10-20(11-9-18)36-21-14-12-19(35-3)13-15-21/h4-15,26,28H,16-17H2,1-3H3. The van der Waals surface area contributed by atoms with Crippen molar-refractivity contribution < 1.29 is 19.1 Å². The van der Waals surface area contributed by atoms with Crippen molar-refractivity contribution in [2.45, 2.75) is 32.6 Å². The predicted octanol–water partition coefficient (Wildman–Crippen LogP) is 6.53. The van der Waals surface area contributed by atoms with Gasteiger partial charge in [0, 0.05) is 34.7 Å². The number of carbonyl (C=O) groups is 2. The average molecular weight is 478 g/mol. The number of rotatable bonds is 4. The van der Waals surface area contributed by atoms with E-state index in [4.69, 9.17) is 14.5 Å². The van der Waals surface area contributed by atoms with E-state index in [1.165, 1.54) is 0 Å². The predicted molar refractivity (Wildman–Crippen MR) is 138 cm³/mol. The fraction of sp³-hybridized carbons (Fsp3) is 0.258. The van der Waals surface area contributed by atoms with E-state index in [0.717, 1.165) is 34.7 Å². The van der Waals surface area contributed by atoms with Gasteiger partial charge in [0.05, 0.1) is 18.7 Å². The Morgan fingerprint density at radius 2 is 1.39 bits per heavy atom. The van der Waals surface area contributed by atoms with E-state index < -0.39 is 5.92 Å². The normalized spacial score (nSPS) is 21.9. The summed E-state index contributed by atoms with van der Waals surface area (Å²) in [7, 11) is 1.63. The summed E-state index contributed by atoms with van der Waals surface area (Å²) < 4.78 is 11.2. The molecule has 0 spiro atoms. The Morgan fingerprint density at radius 3 is 2.06 bits per heavy atom. The van der Waals surface area contributed by atoms with E-state index in [9.17, 15) is 9.59 Å². The van der Waals surface area contributed by atoms with Gasteiger partial charge < -0.3 is 9.47 Å². The smallest absolute Gasteiger partial charge is 0.173 e. The van der Waals surface area contributed by atoms with Gasteiger partial charge in [-0.2, -0.15) is 0 Å². The summed E-state index contributed by atoms with van der Waals surface area (Å²) >= 11 is 0. The Kier molecular flexibility index (Phi) is 5.18. The van der Waals surface area contributed by atoms with Gasteiger partial charge in [-0.1, -0.05) is 50.2 Å². The Balaban J connectivity index is 1.40. The van der Waals surface area contributed by atoms with Gasteiger partial charge in [-0.25, -0.2) is 0 Å². The van der Waals surface area contributed by atoms with E-state index in [1.54, 1.807) is 7.11 Å². The molecule has 3 aliphatic rings. The van der Waals surface area contributed by atoms with Crippen LogP contribution in [0, 0.1) is 11.3 Å². The van der Waals surface area contributed by atoms with Crippen LogP contribution in [0.2, 0.25) is 0 Å². The number of hydrogen-bond donors (Lipinski definition) is 0. The molecule has 0 saturated carbocycles. The quantitative estimate of drug-likeness (QED) is 0.429. The van der Waals surface area contributed by atoms with E-state index in [-0.39, 0.29) is 22.9 Å². The molecule has 0 amide bonds. The van der Waals surface area contributed by atoms with Gasteiger partial charge in [-0.3, -0.25) is 14.6 Å². The number of aliphatic imine (C=N–C) groups is 1. The van der Waals surface area contributed by atoms with Crippen LogP contribution >= 0.6 is 0 Å². The molecule has 180 valence electrons. The van der Waals surface area contributed by atoms with Crippen molar-refractivity contribution in [1.29, 1.82) is 0 Å². The third kappa shape index (κ3) is 3.67. The van der Waals surface area contributed by atoms with E-state index in [1.807, 2.05) is 72.8 Å². The Hall–Kier alpha value is -3.99. The lowest BCUT2D eigenvalue weighted by atomic mass is 9.66. The highest BCUT2D eigenvalue weighted by Gasteiger charge is 2.50. The van der Waals surface area contributed by atoms with Crippen molar-refractivity contribution in [3.05, 3.63) is 101 Å². The molecular formula is C31H27NO4. The molecule has 0 N–H and O–H groups in total. The first-order valence-corrected chi connectivity index (χ1v) is 12.2. The van der Waals surface area contributed by atoms with Gasteiger partial charge in [0.2, 0.25) is 0 Å². The van der Waals surface area contributed by atoms with Gasteiger partial charge >= 0.3 is 0 Å². The molecule has 2 aliphatic carbocycles. The monoisotopic (exact) mass is 477 g/mol. The molecule has 5 nitrogen and oxygen atoms in total. The maximum atomic E-state index is 13.6. The number of carbonyl (C=O) groups excluding carboxylic acids is 2. The summed E-state index contributed by atoms with van der Waals surface area (Å²) in [5.41, 5.74) is 4.68. The van der Waals surface area contributed by atoms with Crippen LogP contribution in [0.4, 0.5) is 0 Å². The van der Waals surface area contributed by atoms with E-state index in [2.05, 4.69) is 13.8 Å². The van der Waals surface area contributed by atoms with Gasteiger partial charge in [-0.15, -0.1) is 0 Å². The highest BCUT2D eigenvalue weighted by Crippen LogP contribution is 2.51. The van der Waals surface area contributed by atoms with Crippen LogP contribution in [0.15, 0.2) is 89.1 Å². The SMILES string of the molecule is COc1ccc(Oc2ccc(C3C4=C(CC(C)(C)CC4=O)N=C4c5ccccc5C(=O)C43)cc2)cc1. The lowest BCUT2D eigenvalue weighted by molar-refractivity contribution is -0.118. The number of allylic oxidation sites excluding steroid dienone is 2. The molecule has 5 heteroatoms. The van der Waals surface area contributed by atoms with E-state index in [0.29, 0.717) is 29.1 Å². The Bertz CT molecular complexity index is 1440. The second-order valence-corrected chi connectivity index (χ2v) is 10.5. The zero-order valence-electron chi connectivity index (χ0n) is 20.6. The van der Waals surface area contributed by atoms with Gasteiger partial charge in [0.1, 0.15) is 17.2 Å². The van der Waals surface area contributed by atoms with Crippen molar-refractivity contribution in [3.63, 3.8) is 0 Å². The summed E-state index contributed by atoms with van der Waals surface area (Å²) in [4.78, 5) is 32.1. The maximum absolute atomic E-state index is 13.6. The second kappa shape index (κ2) is 8.30. The molecule has 0 aromatic heterocycles. The van der Waals surface area contributed by atoms with Crippen LogP contribution in [0.1, 0.15) is 54.1 Å². The topological polar surface area (TPSA) is 65.0 Å².